The molecule has 1 N–H and O–H groups in total. The first kappa shape index (κ1) is 22.2. The van der Waals surface area contributed by atoms with Gasteiger partial charge in [0.15, 0.2) is 21.5 Å². The van der Waals surface area contributed by atoms with Crippen LogP contribution < -0.4 is 4.90 Å². The minimum absolute atomic E-state index is 0.00701. The van der Waals surface area contributed by atoms with Crippen LogP contribution in [0.3, 0.4) is 0 Å². The number of morpholine rings is 1. The number of thiophene rings is 1. The van der Waals surface area contributed by atoms with Crippen molar-refractivity contribution in [2.45, 2.75) is 12.2 Å². The Bertz CT molecular complexity index is 1380. The average molecular weight is 488 g/mol. The Morgan fingerprint density at radius 3 is 2.91 bits per heavy atom. The number of sulfone groups is 1. The first-order chi connectivity index (χ1) is 16.0. The van der Waals surface area contributed by atoms with Crippen molar-refractivity contribution in [1.29, 1.82) is 0 Å². The van der Waals surface area contributed by atoms with Gasteiger partial charge in [0.2, 0.25) is 0 Å². The number of rotatable bonds is 8. The van der Waals surface area contributed by atoms with Crippen LogP contribution in [0, 0.1) is 0 Å². The molecule has 9 nitrogen and oxygen atoms in total. The number of aromatic nitrogens is 4. The van der Waals surface area contributed by atoms with Gasteiger partial charge in [0, 0.05) is 42.6 Å². The number of H-pyrrole nitrogens is 1. The lowest BCUT2D eigenvalue weighted by molar-refractivity contribution is 0.122. The van der Waals surface area contributed by atoms with Crippen LogP contribution in [0.2, 0.25) is 0 Å². The van der Waals surface area contributed by atoms with E-state index in [2.05, 4.69) is 15.1 Å². The summed E-state index contributed by atoms with van der Waals surface area (Å²) in [5.41, 5.74) is 2.56. The summed E-state index contributed by atoms with van der Waals surface area (Å²) in [5.74, 6) is 1.52. The fraction of sp³-hybridized carbons (Fsp3) is 0.409. The lowest BCUT2D eigenvalue weighted by atomic mass is 10.1. The Hall–Kier alpha value is -2.60. The quantitative estimate of drug-likeness (QED) is 0.378. The minimum Gasteiger partial charge on any atom is -0.385 e. The molecule has 1 aliphatic heterocycles. The molecule has 0 aliphatic carbocycles. The zero-order valence-corrected chi connectivity index (χ0v) is 19.9. The third-order valence-electron chi connectivity index (χ3n) is 5.61. The lowest BCUT2D eigenvalue weighted by Gasteiger charge is -2.28. The molecule has 1 aromatic carbocycles. The van der Waals surface area contributed by atoms with Crippen molar-refractivity contribution < 1.29 is 17.9 Å². The van der Waals surface area contributed by atoms with E-state index in [0.29, 0.717) is 32.1 Å². The monoisotopic (exact) mass is 487 g/mol. The van der Waals surface area contributed by atoms with Gasteiger partial charge in [0.05, 0.1) is 46.6 Å². The number of aromatic amines is 1. The molecule has 3 aromatic heterocycles. The second-order valence-electron chi connectivity index (χ2n) is 7.97. The molecule has 0 atom stereocenters. The number of hydrogen-bond acceptors (Lipinski definition) is 9. The molecule has 1 fully saturated rings. The van der Waals surface area contributed by atoms with Gasteiger partial charge in [-0.25, -0.2) is 18.4 Å². The number of methoxy groups -OCH3 is 1. The van der Waals surface area contributed by atoms with E-state index in [1.807, 2.05) is 24.3 Å². The van der Waals surface area contributed by atoms with Crippen molar-refractivity contribution in [3.05, 3.63) is 35.3 Å². The van der Waals surface area contributed by atoms with E-state index in [9.17, 15) is 8.42 Å². The Morgan fingerprint density at radius 1 is 1.24 bits per heavy atom. The van der Waals surface area contributed by atoms with E-state index in [-0.39, 0.29) is 11.5 Å². The highest BCUT2D eigenvalue weighted by Crippen LogP contribution is 2.36. The molecule has 1 saturated heterocycles. The molecule has 0 unspecified atom stereocenters. The van der Waals surface area contributed by atoms with Crippen molar-refractivity contribution in [1.82, 2.24) is 20.2 Å². The van der Waals surface area contributed by atoms with Gasteiger partial charge in [-0.05, 0) is 18.6 Å². The second kappa shape index (κ2) is 9.34. The number of benzene rings is 1. The van der Waals surface area contributed by atoms with E-state index in [1.54, 1.807) is 13.3 Å². The minimum atomic E-state index is -3.24. The van der Waals surface area contributed by atoms with Crippen molar-refractivity contribution in [2.24, 2.45) is 0 Å². The van der Waals surface area contributed by atoms with Crippen LogP contribution in [-0.2, 0) is 25.1 Å². The standard InChI is InChI=1S/C22H25N5O4S2/c1-30-8-3-11-33(28,29)14-15-12-19-20(32-15)22(27-6-9-31-10-7-27)25-21(24-19)16-4-2-5-18-17(16)13-23-26-18/h2,4-5,12-13H,3,6-11,14H2,1H3,(H,23,26). The average Bonchev–Trinajstić information content (AvgIpc) is 3.45. The topological polar surface area (TPSA) is 110 Å². The molecule has 4 aromatic rings. The van der Waals surface area contributed by atoms with Crippen molar-refractivity contribution in [3.63, 3.8) is 0 Å². The summed E-state index contributed by atoms with van der Waals surface area (Å²) in [4.78, 5) is 12.8. The predicted molar refractivity (Wildman–Crippen MR) is 130 cm³/mol. The largest absolute Gasteiger partial charge is 0.385 e. The summed E-state index contributed by atoms with van der Waals surface area (Å²) < 4.78 is 36.7. The summed E-state index contributed by atoms with van der Waals surface area (Å²) in [7, 11) is -1.66. The highest BCUT2D eigenvalue weighted by Gasteiger charge is 2.22. The number of hydrogen-bond donors (Lipinski definition) is 1. The van der Waals surface area contributed by atoms with E-state index >= 15 is 0 Å². The highest BCUT2D eigenvalue weighted by molar-refractivity contribution is 7.90. The van der Waals surface area contributed by atoms with Gasteiger partial charge in [-0.3, -0.25) is 5.10 Å². The maximum Gasteiger partial charge on any atom is 0.162 e. The molecule has 0 amide bonds. The number of nitrogens with zero attached hydrogens (tertiary/aromatic N) is 4. The highest BCUT2D eigenvalue weighted by atomic mass is 32.2. The summed E-state index contributed by atoms with van der Waals surface area (Å²) in [6.07, 6.45) is 2.26. The third kappa shape index (κ3) is 4.72. The zero-order valence-electron chi connectivity index (χ0n) is 18.3. The molecule has 5 rings (SSSR count). The Balaban J connectivity index is 1.58. The molecule has 0 bridgehead atoms. The molecule has 1 aliphatic rings. The van der Waals surface area contributed by atoms with Crippen LogP contribution in [-0.4, -0.2) is 74.4 Å². The van der Waals surface area contributed by atoms with Gasteiger partial charge in [0.25, 0.3) is 0 Å². The normalized spacial score (nSPS) is 15.0. The van der Waals surface area contributed by atoms with Gasteiger partial charge >= 0.3 is 0 Å². The number of ether oxygens (including phenoxy) is 2. The second-order valence-corrected chi connectivity index (χ2v) is 11.3. The number of nitrogens with one attached hydrogen (secondary N) is 1. The first-order valence-corrected chi connectivity index (χ1v) is 13.4. The van der Waals surface area contributed by atoms with E-state index < -0.39 is 9.84 Å². The fourth-order valence-corrected chi connectivity index (χ4v) is 6.92. The Morgan fingerprint density at radius 2 is 2.09 bits per heavy atom. The fourth-order valence-electron chi connectivity index (χ4n) is 4.02. The molecule has 11 heteroatoms. The van der Waals surface area contributed by atoms with Crippen molar-refractivity contribution in [2.75, 3.05) is 50.7 Å². The summed E-state index contributed by atoms with van der Waals surface area (Å²) in [6.45, 7) is 3.14. The van der Waals surface area contributed by atoms with Gasteiger partial charge in [0.1, 0.15) is 0 Å². The number of fused-ring (bicyclic) bond motifs is 2. The van der Waals surface area contributed by atoms with Crippen LogP contribution in [0.4, 0.5) is 5.82 Å². The summed E-state index contributed by atoms with van der Waals surface area (Å²) >= 11 is 1.46. The number of anilines is 1. The molecule has 174 valence electrons. The third-order valence-corrected chi connectivity index (χ3v) is 8.57. The maximum atomic E-state index is 12.6. The van der Waals surface area contributed by atoms with Crippen molar-refractivity contribution in [3.8, 4) is 11.4 Å². The molecule has 0 saturated carbocycles. The van der Waals surface area contributed by atoms with Crippen LogP contribution >= 0.6 is 11.3 Å². The molecule has 4 heterocycles. The van der Waals surface area contributed by atoms with Crippen LogP contribution in [0.15, 0.2) is 30.5 Å². The van der Waals surface area contributed by atoms with Gasteiger partial charge in [-0.1, -0.05) is 12.1 Å². The van der Waals surface area contributed by atoms with E-state index in [0.717, 1.165) is 50.5 Å². The molecular formula is C22H25N5O4S2. The Labute approximate surface area is 195 Å². The van der Waals surface area contributed by atoms with Crippen LogP contribution in [0.1, 0.15) is 11.3 Å². The smallest absolute Gasteiger partial charge is 0.162 e. The van der Waals surface area contributed by atoms with Crippen LogP contribution in [0.25, 0.3) is 32.5 Å². The zero-order chi connectivity index (χ0) is 22.8. The summed E-state index contributed by atoms with van der Waals surface area (Å²) in [6, 6.07) is 7.78. The first-order valence-electron chi connectivity index (χ1n) is 10.8. The molecular weight excluding hydrogens is 462 g/mol. The Kier molecular flexibility index (Phi) is 6.28. The van der Waals surface area contributed by atoms with E-state index in [1.165, 1.54) is 11.3 Å². The molecule has 33 heavy (non-hydrogen) atoms. The SMILES string of the molecule is COCCCS(=O)(=O)Cc1cc2nc(-c3cccc4[nH]ncc34)nc(N3CCOCC3)c2s1. The predicted octanol–water partition coefficient (Wildman–Crippen LogP) is 3.02. The summed E-state index contributed by atoms with van der Waals surface area (Å²) in [5, 5.41) is 8.09. The van der Waals surface area contributed by atoms with Gasteiger partial charge in [-0.15, -0.1) is 11.3 Å². The van der Waals surface area contributed by atoms with Gasteiger partial charge < -0.3 is 14.4 Å². The van der Waals surface area contributed by atoms with Crippen molar-refractivity contribution >= 4 is 48.1 Å². The van der Waals surface area contributed by atoms with Crippen LogP contribution in [0.5, 0.6) is 0 Å². The lowest BCUT2D eigenvalue weighted by Crippen LogP contribution is -2.36. The van der Waals surface area contributed by atoms with E-state index in [4.69, 9.17) is 19.4 Å². The maximum absolute atomic E-state index is 12.6. The molecule has 0 radical (unpaired) electrons. The van der Waals surface area contributed by atoms with Gasteiger partial charge in [-0.2, -0.15) is 5.10 Å². The molecule has 0 spiro atoms.